The Hall–Kier alpha value is 0.230. The lowest BCUT2D eigenvalue weighted by Gasteiger charge is -2.26. The molecule has 0 aromatic carbocycles. The smallest absolute Gasteiger partial charge is 0.0594 e. The third-order valence-corrected chi connectivity index (χ3v) is 3.38. The monoisotopic (exact) mass is 232 g/mol. The van der Waals surface area contributed by atoms with Gasteiger partial charge in [-0.3, -0.25) is 0 Å². The maximum atomic E-state index is 5.45. The van der Waals surface area contributed by atoms with E-state index >= 15 is 0 Å². The van der Waals surface area contributed by atoms with Crippen LogP contribution in [0.2, 0.25) is 0 Å². The first-order valence-corrected chi connectivity index (χ1v) is 7.07. The first-order valence-electron chi connectivity index (χ1n) is 5.91. The molecule has 1 heterocycles. The van der Waals surface area contributed by atoms with Crippen LogP contribution in [0.5, 0.6) is 0 Å². The standard InChI is InChI=1S/C11H24N2OS/c1-11(2)14-8-4-12-3-5-13-6-9-15-10-7-13/h11-12H,3-10H2,1-2H3. The van der Waals surface area contributed by atoms with Crippen molar-refractivity contribution >= 4 is 11.8 Å². The second-order valence-electron chi connectivity index (χ2n) is 4.12. The maximum absolute atomic E-state index is 5.45. The second kappa shape index (κ2) is 8.39. The highest BCUT2D eigenvalue weighted by Gasteiger charge is 2.08. The van der Waals surface area contributed by atoms with Crippen molar-refractivity contribution in [2.75, 3.05) is 50.8 Å². The van der Waals surface area contributed by atoms with E-state index in [2.05, 4.69) is 35.8 Å². The normalized spacial score (nSPS) is 18.6. The summed E-state index contributed by atoms with van der Waals surface area (Å²) in [4.78, 5) is 2.53. The predicted octanol–water partition coefficient (Wildman–Crippen LogP) is 1.05. The third kappa shape index (κ3) is 7.17. The van der Waals surface area contributed by atoms with Crippen LogP contribution in [0.15, 0.2) is 0 Å². The minimum atomic E-state index is 0.353. The van der Waals surface area contributed by atoms with Crippen molar-refractivity contribution in [3.63, 3.8) is 0 Å². The summed E-state index contributed by atoms with van der Waals surface area (Å²) in [6.45, 7) is 10.7. The molecule has 0 atom stereocenters. The van der Waals surface area contributed by atoms with Gasteiger partial charge in [0.1, 0.15) is 0 Å². The summed E-state index contributed by atoms with van der Waals surface area (Å²) in [5.74, 6) is 2.60. The van der Waals surface area contributed by atoms with Crippen LogP contribution < -0.4 is 5.32 Å². The maximum Gasteiger partial charge on any atom is 0.0594 e. The van der Waals surface area contributed by atoms with E-state index in [9.17, 15) is 0 Å². The fraction of sp³-hybridized carbons (Fsp3) is 1.00. The van der Waals surface area contributed by atoms with E-state index in [0.29, 0.717) is 6.10 Å². The summed E-state index contributed by atoms with van der Waals surface area (Å²) < 4.78 is 5.45. The zero-order valence-electron chi connectivity index (χ0n) is 10.00. The molecule has 0 saturated carbocycles. The molecule has 0 bridgehead atoms. The van der Waals surface area contributed by atoms with Crippen molar-refractivity contribution in [3.05, 3.63) is 0 Å². The Morgan fingerprint density at radius 1 is 1.27 bits per heavy atom. The lowest BCUT2D eigenvalue weighted by molar-refractivity contribution is 0.0805. The van der Waals surface area contributed by atoms with E-state index in [4.69, 9.17) is 4.74 Å². The highest BCUT2D eigenvalue weighted by atomic mass is 32.2. The van der Waals surface area contributed by atoms with Gasteiger partial charge in [-0.15, -0.1) is 0 Å². The van der Waals surface area contributed by atoms with Crippen molar-refractivity contribution in [2.45, 2.75) is 20.0 Å². The van der Waals surface area contributed by atoms with Crippen LogP contribution in [0.1, 0.15) is 13.8 Å². The van der Waals surface area contributed by atoms with Gasteiger partial charge in [0.2, 0.25) is 0 Å². The van der Waals surface area contributed by atoms with Crippen LogP contribution in [-0.2, 0) is 4.74 Å². The van der Waals surface area contributed by atoms with Gasteiger partial charge in [-0.1, -0.05) is 0 Å². The number of ether oxygens (including phenoxy) is 1. The van der Waals surface area contributed by atoms with Gasteiger partial charge in [0, 0.05) is 44.2 Å². The van der Waals surface area contributed by atoms with Gasteiger partial charge < -0.3 is 15.0 Å². The Morgan fingerprint density at radius 2 is 2.00 bits per heavy atom. The fourth-order valence-corrected chi connectivity index (χ4v) is 2.53. The van der Waals surface area contributed by atoms with Gasteiger partial charge in [-0.05, 0) is 13.8 Å². The van der Waals surface area contributed by atoms with Crippen LogP contribution in [-0.4, -0.2) is 61.8 Å². The number of nitrogens with one attached hydrogen (secondary N) is 1. The summed E-state index contributed by atoms with van der Waals surface area (Å²) in [6.07, 6.45) is 0.353. The van der Waals surface area contributed by atoms with Gasteiger partial charge in [-0.25, -0.2) is 0 Å². The molecule has 1 rings (SSSR count). The molecule has 1 N–H and O–H groups in total. The topological polar surface area (TPSA) is 24.5 Å². The van der Waals surface area contributed by atoms with Crippen molar-refractivity contribution in [3.8, 4) is 0 Å². The number of rotatable bonds is 7. The molecule has 0 aliphatic carbocycles. The molecule has 1 aliphatic heterocycles. The van der Waals surface area contributed by atoms with Gasteiger partial charge in [0.25, 0.3) is 0 Å². The van der Waals surface area contributed by atoms with E-state index in [1.807, 2.05) is 0 Å². The minimum Gasteiger partial charge on any atom is -0.377 e. The molecule has 3 nitrogen and oxygen atoms in total. The van der Waals surface area contributed by atoms with Gasteiger partial charge in [0.15, 0.2) is 0 Å². The largest absolute Gasteiger partial charge is 0.377 e. The summed E-state index contributed by atoms with van der Waals surface area (Å²) in [5.41, 5.74) is 0. The summed E-state index contributed by atoms with van der Waals surface area (Å²) >= 11 is 2.07. The second-order valence-corrected chi connectivity index (χ2v) is 5.35. The summed E-state index contributed by atoms with van der Waals surface area (Å²) in [7, 11) is 0. The molecular formula is C11H24N2OS. The van der Waals surface area contributed by atoms with E-state index in [0.717, 1.165) is 19.7 Å². The van der Waals surface area contributed by atoms with Gasteiger partial charge in [-0.2, -0.15) is 11.8 Å². The molecule has 0 amide bonds. The van der Waals surface area contributed by atoms with Crippen molar-refractivity contribution in [2.24, 2.45) is 0 Å². The van der Waals surface area contributed by atoms with Crippen molar-refractivity contribution in [1.82, 2.24) is 10.2 Å². The number of hydrogen-bond acceptors (Lipinski definition) is 4. The lowest BCUT2D eigenvalue weighted by atomic mass is 10.4. The Labute approximate surface area is 97.9 Å². The Kier molecular flexibility index (Phi) is 7.44. The highest BCUT2D eigenvalue weighted by molar-refractivity contribution is 7.99. The summed E-state index contributed by atoms with van der Waals surface area (Å²) in [6, 6.07) is 0. The zero-order valence-corrected chi connectivity index (χ0v) is 10.8. The van der Waals surface area contributed by atoms with Crippen LogP contribution >= 0.6 is 11.8 Å². The first-order chi connectivity index (χ1) is 7.29. The van der Waals surface area contributed by atoms with E-state index in [-0.39, 0.29) is 0 Å². The van der Waals surface area contributed by atoms with Crippen LogP contribution in [0.4, 0.5) is 0 Å². The molecule has 1 aliphatic rings. The molecule has 0 aromatic rings. The SMILES string of the molecule is CC(C)OCCNCCN1CCSCC1. The molecular weight excluding hydrogens is 208 g/mol. The molecule has 90 valence electrons. The van der Waals surface area contributed by atoms with E-state index in [1.54, 1.807) is 0 Å². The molecule has 0 radical (unpaired) electrons. The number of hydrogen-bond donors (Lipinski definition) is 1. The Balaban J connectivity index is 1.83. The van der Waals surface area contributed by atoms with Crippen LogP contribution in [0.3, 0.4) is 0 Å². The lowest BCUT2D eigenvalue weighted by Crippen LogP contribution is -2.38. The molecule has 0 unspecified atom stereocenters. The average molecular weight is 232 g/mol. The molecule has 1 saturated heterocycles. The Morgan fingerprint density at radius 3 is 2.67 bits per heavy atom. The van der Waals surface area contributed by atoms with Gasteiger partial charge in [0.05, 0.1) is 12.7 Å². The molecule has 15 heavy (non-hydrogen) atoms. The minimum absolute atomic E-state index is 0.353. The molecule has 0 aromatic heterocycles. The molecule has 0 spiro atoms. The van der Waals surface area contributed by atoms with Gasteiger partial charge >= 0.3 is 0 Å². The Bertz CT molecular complexity index is 150. The molecule has 4 heteroatoms. The zero-order chi connectivity index (χ0) is 10.9. The van der Waals surface area contributed by atoms with E-state index < -0.39 is 0 Å². The fourth-order valence-electron chi connectivity index (χ4n) is 1.55. The number of nitrogens with zero attached hydrogens (tertiary/aromatic N) is 1. The van der Waals surface area contributed by atoms with Crippen molar-refractivity contribution < 1.29 is 4.74 Å². The molecule has 1 fully saturated rings. The van der Waals surface area contributed by atoms with E-state index in [1.165, 1.54) is 31.1 Å². The third-order valence-electron chi connectivity index (χ3n) is 2.44. The quantitative estimate of drug-likeness (QED) is 0.663. The summed E-state index contributed by atoms with van der Waals surface area (Å²) in [5, 5.41) is 3.41. The van der Waals surface area contributed by atoms with Crippen LogP contribution in [0, 0.1) is 0 Å². The predicted molar refractivity (Wildman–Crippen MR) is 67.7 cm³/mol. The highest BCUT2D eigenvalue weighted by Crippen LogP contribution is 2.07. The van der Waals surface area contributed by atoms with Crippen LogP contribution in [0.25, 0.3) is 0 Å². The number of thioether (sulfide) groups is 1. The van der Waals surface area contributed by atoms with Crippen molar-refractivity contribution in [1.29, 1.82) is 0 Å². The average Bonchev–Trinajstić information content (AvgIpc) is 2.24. The first kappa shape index (κ1) is 13.3.